The Bertz CT molecular complexity index is 301. The second-order valence-electron chi connectivity index (χ2n) is 4.26. The van der Waals surface area contributed by atoms with Crippen molar-refractivity contribution >= 4 is 11.9 Å². The van der Waals surface area contributed by atoms with Crippen molar-refractivity contribution in [3.8, 4) is 0 Å². The SMILES string of the molecule is CC(C)(C)OC(=O)NC1=CC(=O)COC1. The summed E-state index contributed by atoms with van der Waals surface area (Å²) < 4.78 is 9.96. The standard InChI is InChI=1S/C10H15NO4/c1-10(2,3)15-9(13)11-7-4-8(12)6-14-5-7/h4H,5-6H2,1-3H3,(H,11,13). The average molecular weight is 213 g/mol. The minimum atomic E-state index is -0.577. The fourth-order valence-corrected chi connectivity index (χ4v) is 1.05. The number of amides is 1. The number of carbonyl (C=O) groups is 2. The number of ether oxygens (including phenoxy) is 2. The highest BCUT2D eigenvalue weighted by Gasteiger charge is 2.18. The summed E-state index contributed by atoms with van der Waals surface area (Å²) in [6.07, 6.45) is 0.778. The van der Waals surface area contributed by atoms with Crippen LogP contribution in [0.25, 0.3) is 0 Å². The lowest BCUT2D eigenvalue weighted by atomic mass is 10.2. The summed E-state index contributed by atoms with van der Waals surface area (Å²) in [5.74, 6) is -0.160. The van der Waals surface area contributed by atoms with E-state index in [1.807, 2.05) is 0 Å². The van der Waals surface area contributed by atoms with Gasteiger partial charge < -0.3 is 9.47 Å². The van der Waals surface area contributed by atoms with Crippen LogP contribution in [0.4, 0.5) is 4.79 Å². The molecule has 5 heteroatoms. The van der Waals surface area contributed by atoms with Crippen LogP contribution >= 0.6 is 0 Å². The molecule has 15 heavy (non-hydrogen) atoms. The molecular formula is C10H15NO4. The van der Waals surface area contributed by atoms with Crippen molar-refractivity contribution < 1.29 is 19.1 Å². The van der Waals surface area contributed by atoms with Crippen molar-refractivity contribution in [1.29, 1.82) is 0 Å². The van der Waals surface area contributed by atoms with Gasteiger partial charge in [0, 0.05) is 6.08 Å². The van der Waals surface area contributed by atoms with E-state index in [1.165, 1.54) is 6.08 Å². The Morgan fingerprint density at radius 3 is 2.67 bits per heavy atom. The molecule has 0 atom stereocenters. The summed E-state index contributed by atoms with van der Waals surface area (Å²) >= 11 is 0. The molecule has 0 fully saturated rings. The third-order valence-corrected chi connectivity index (χ3v) is 1.50. The predicted molar refractivity (Wildman–Crippen MR) is 53.3 cm³/mol. The maximum absolute atomic E-state index is 11.3. The molecule has 0 aromatic carbocycles. The summed E-state index contributed by atoms with van der Waals surface area (Å²) in [7, 11) is 0. The van der Waals surface area contributed by atoms with Gasteiger partial charge in [-0.05, 0) is 20.8 Å². The van der Waals surface area contributed by atoms with Crippen LogP contribution in [0.15, 0.2) is 11.8 Å². The number of carbonyl (C=O) groups excluding carboxylic acids is 2. The predicted octanol–water partition coefficient (Wildman–Crippen LogP) is 0.994. The molecule has 0 saturated heterocycles. The average Bonchev–Trinajstić information content (AvgIpc) is 1.99. The van der Waals surface area contributed by atoms with E-state index < -0.39 is 11.7 Å². The number of nitrogens with one attached hydrogen (secondary N) is 1. The lowest BCUT2D eigenvalue weighted by Crippen LogP contribution is -2.35. The number of ketones is 1. The van der Waals surface area contributed by atoms with E-state index >= 15 is 0 Å². The molecule has 1 rings (SSSR count). The van der Waals surface area contributed by atoms with E-state index in [2.05, 4.69) is 5.32 Å². The Morgan fingerprint density at radius 1 is 1.47 bits per heavy atom. The fraction of sp³-hybridized carbons (Fsp3) is 0.600. The molecule has 0 spiro atoms. The fourth-order valence-electron chi connectivity index (χ4n) is 1.05. The lowest BCUT2D eigenvalue weighted by Gasteiger charge is -2.21. The second-order valence-corrected chi connectivity index (χ2v) is 4.26. The third-order valence-electron chi connectivity index (χ3n) is 1.50. The molecule has 0 unspecified atom stereocenters. The van der Waals surface area contributed by atoms with E-state index in [-0.39, 0.29) is 19.0 Å². The largest absolute Gasteiger partial charge is 0.444 e. The van der Waals surface area contributed by atoms with Crippen LogP contribution in [-0.2, 0) is 14.3 Å². The molecule has 0 saturated carbocycles. The first-order valence-corrected chi connectivity index (χ1v) is 4.68. The van der Waals surface area contributed by atoms with Crippen molar-refractivity contribution in [3.63, 3.8) is 0 Å². The van der Waals surface area contributed by atoms with Gasteiger partial charge in [0.05, 0.1) is 12.3 Å². The van der Waals surface area contributed by atoms with Gasteiger partial charge in [0.1, 0.15) is 12.2 Å². The van der Waals surface area contributed by atoms with Crippen molar-refractivity contribution in [2.24, 2.45) is 0 Å². The van der Waals surface area contributed by atoms with Crippen LogP contribution in [0.3, 0.4) is 0 Å². The Morgan fingerprint density at radius 2 is 2.13 bits per heavy atom. The Hall–Kier alpha value is -1.36. The van der Waals surface area contributed by atoms with Crippen LogP contribution in [0.2, 0.25) is 0 Å². The van der Waals surface area contributed by atoms with Crippen molar-refractivity contribution in [3.05, 3.63) is 11.8 Å². The zero-order chi connectivity index (χ0) is 11.5. The number of rotatable bonds is 1. The van der Waals surface area contributed by atoms with Crippen LogP contribution < -0.4 is 5.32 Å². The van der Waals surface area contributed by atoms with Gasteiger partial charge in [-0.3, -0.25) is 10.1 Å². The van der Waals surface area contributed by atoms with Gasteiger partial charge in [-0.25, -0.2) is 4.79 Å². The minimum Gasteiger partial charge on any atom is -0.444 e. The lowest BCUT2D eigenvalue weighted by molar-refractivity contribution is -0.119. The zero-order valence-corrected chi connectivity index (χ0v) is 9.12. The van der Waals surface area contributed by atoms with Gasteiger partial charge in [0.15, 0.2) is 5.78 Å². The normalized spacial score (nSPS) is 17.0. The minimum absolute atomic E-state index is 0.0689. The number of alkyl carbamates (subject to hydrolysis) is 1. The van der Waals surface area contributed by atoms with Gasteiger partial charge in [-0.15, -0.1) is 0 Å². The molecular weight excluding hydrogens is 198 g/mol. The number of hydrogen-bond donors (Lipinski definition) is 1. The molecule has 0 aromatic rings. The first-order valence-electron chi connectivity index (χ1n) is 4.68. The van der Waals surface area contributed by atoms with Gasteiger partial charge in [-0.1, -0.05) is 0 Å². The topological polar surface area (TPSA) is 64.6 Å². The number of hydrogen-bond acceptors (Lipinski definition) is 4. The van der Waals surface area contributed by atoms with Crippen molar-refractivity contribution in [1.82, 2.24) is 5.32 Å². The molecule has 0 aliphatic carbocycles. The van der Waals surface area contributed by atoms with Crippen LogP contribution in [0.5, 0.6) is 0 Å². The van der Waals surface area contributed by atoms with E-state index in [4.69, 9.17) is 9.47 Å². The van der Waals surface area contributed by atoms with E-state index in [0.717, 1.165) is 0 Å². The van der Waals surface area contributed by atoms with Crippen molar-refractivity contribution in [2.45, 2.75) is 26.4 Å². The van der Waals surface area contributed by atoms with Crippen molar-refractivity contribution in [2.75, 3.05) is 13.2 Å². The highest BCUT2D eigenvalue weighted by Crippen LogP contribution is 2.08. The highest BCUT2D eigenvalue weighted by molar-refractivity contribution is 5.92. The summed E-state index contributed by atoms with van der Waals surface area (Å²) in [5.41, 5.74) is -0.120. The first-order chi connectivity index (χ1) is 6.87. The molecule has 0 radical (unpaired) electrons. The van der Waals surface area contributed by atoms with Crippen LogP contribution in [0, 0.1) is 0 Å². The van der Waals surface area contributed by atoms with Gasteiger partial charge in [-0.2, -0.15) is 0 Å². The summed E-state index contributed by atoms with van der Waals surface area (Å²) in [4.78, 5) is 22.2. The molecule has 1 aliphatic rings. The van der Waals surface area contributed by atoms with Gasteiger partial charge >= 0.3 is 6.09 Å². The molecule has 1 aliphatic heterocycles. The quantitative estimate of drug-likeness (QED) is 0.705. The molecule has 1 amide bonds. The zero-order valence-electron chi connectivity index (χ0n) is 9.12. The van der Waals surface area contributed by atoms with E-state index in [1.54, 1.807) is 20.8 Å². The van der Waals surface area contributed by atoms with Gasteiger partial charge in [0.2, 0.25) is 0 Å². The molecule has 5 nitrogen and oxygen atoms in total. The smallest absolute Gasteiger partial charge is 0.411 e. The molecule has 1 N–H and O–H groups in total. The second kappa shape index (κ2) is 4.44. The van der Waals surface area contributed by atoms with Gasteiger partial charge in [0.25, 0.3) is 0 Å². The van der Waals surface area contributed by atoms with E-state index in [0.29, 0.717) is 5.70 Å². The molecule has 1 heterocycles. The summed E-state index contributed by atoms with van der Waals surface area (Å²) in [6, 6.07) is 0. The molecule has 0 bridgehead atoms. The Labute approximate surface area is 88.4 Å². The molecule has 0 aromatic heterocycles. The summed E-state index contributed by atoms with van der Waals surface area (Å²) in [5, 5.41) is 2.46. The molecule has 84 valence electrons. The first kappa shape index (κ1) is 11.7. The Kier molecular flexibility index (Phi) is 3.47. The van der Waals surface area contributed by atoms with E-state index in [9.17, 15) is 9.59 Å². The third kappa shape index (κ3) is 4.60. The summed E-state index contributed by atoms with van der Waals surface area (Å²) in [6.45, 7) is 5.60. The highest BCUT2D eigenvalue weighted by atomic mass is 16.6. The van der Waals surface area contributed by atoms with Crippen LogP contribution in [-0.4, -0.2) is 30.7 Å². The Balaban J connectivity index is 2.48. The maximum Gasteiger partial charge on any atom is 0.411 e. The maximum atomic E-state index is 11.3. The van der Waals surface area contributed by atoms with Crippen LogP contribution in [0.1, 0.15) is 20.8 Å². The monoisotopic (exact) mass is 213 g/mol.